The molecule has 30 heavy (non-hydrogen) atoms. The molecule has 1 saturated heterocycles. The van der Waals surface area contributed by atoms with Gasteiger partial charge in [0.25, 0.3) is 0 Å². The van der Waals surface area contributed by atoms with Crippen LogP contribution in [0.4, 0.5) is 0 Å². The molecule has 1 saturated carbocycles. The fraction of sp³-hybridized carbons (Fsp3) is 0.708. The zero-order valence-corrected chi connectivity index (χ0v) is 19.6. The molecule has 0 spiro atoms. The molecule has 0 amide bonds. The fourth-order valence-electron chi connectivity index (χ4n) is 4.47. The topological polar surface area (TPSA) is 48.0 Å². The van der Waals surface area contributed by atoms with Gasteiger partial charge in [0.15, 0.2) is 0 Å². The molecular weight excluding hydrogens is 377 g/mol. The second kappa shape index (κ2) is 9.01. The zero-order valence-electron chi connectivity index (χ0n) is 19.6. The van der Waals surface area contributed by atoms with Crippen molar-refractivity contribution < 1.29 is 18.8 Å². The van der Waals surface area contributed by atoms with Crippen molar-refractivity contribution in [3.63, 3.8) is 0 Å². The number of likely N-dealkylation sites (N-methyl/N-ethyl adjacent to an activating group) is 1. The van der Waals surface area contributed by atoms with Crippen molar-refractivity contribution in [3.05, 3.63) is 29.8 Å². The van der Waals surface area contributed by atoms with E-state index in [1.165, 1.54) is 0 Å². The predicted octanol–water partition coefficient (Wildman–Crippen LogP) is 3.68. The molecule has 0 atom stereocenters. The van der Waals surface area contributed by atoms with Crippen LogP contribution in [0.15, 0.2) is 24.3 Å². The number of ether oxygens (including phenoxy) is 1. The molecule has 1 aromatic carbocycles. The first-order valence-electron chi connectivity index (χ1n) is 11.5. The SMILES string of the molecule is CCN(CC)CCOC(=O)C1(c2ccc(B3OC(C)(C)C(C)(C)O3)cc2)CCCC1. The van der Waals surface area contributed by atoms with Crippen LogP contribution in [0.5, 0.6) is 0 Å². The normalized spacial score (nSPS) is 21.9. The molecule has 3 rings (SSSR count). The van der Waals surface area contributed by atoms with Crippen LogP contribution >= 0.6 is 0 Å². The Hall–Kier alpha value is -1.37. The molecule has 1 aliphatic carbocycles. The molecule has 166 valence electrons. The monoisotopic (exact) mass is 415 g/mol. The van der Waals surface area contributed by atoms with Gasteiger partial charge in [-0.3, -0.25) is 4.79 Å². The summed E-state index contributed by atoms with van der Waals surface area (Å²) in [7, 11) is -0.385. The lowest BCUT2D eigenvalue weighted by molar-refractivity contribution is -0.151. The first-order chi connectivity index (χ1) is 14.1. The Morgan fingerprint density at radius 1 is 1.00 bits per heavy atom. The van der Waals surface area contributed by atoms with Gasteiger partial charge in [-0.05, 0) is 64.7 Å². The van der Waals surface area contributed by atoms with Gasteiger partial charge in [0, 0.05) is 6.54 Å². The molecule has 0 unspecified atom stereocenters. The number of carbonyl (C=O) groups is 1. The third kappa shape index (κ3) is 4.46. The van der Waals surface area contributed by atoms with Crippen molar-refractivity contribution >= 4 is 18.6 Å². The maximum atomic E-state index is 13.1. The molecule has 0 N–H and O–H groups in total. The van der Waals surface area contributed by atoms with Crippen molar-refractivity contribution in [2.24, 2.45) is 0 Å². The van der Waals surface area contributed by atoms with Crippen LogP contribution in [-0.4, -0.2) is 55.4 Å². The molecule has 1 aliphatic heterocycles. The van der Waals surface area contributed by atoms with Gasteiger partial charge in [-0.15, -0.1) is 0 Å². The highest BCUT2D eigenvalue weighted by Gasteiger charge is 2.52. The number of esters is 1. The zero-order chi connectivity index (χ0) is 22.0. The first-order valence-corrected chi connectivity index (χ1v) is 11.5. The predicted molar refractivity (Wildman–Crippen MR) is 121 cm³/mol. The van der Waals surface area contributed by atoms with Gasteiger partial charge in [-0.25, -0.2) is 0 Å². The van der Waals surface area contributed by atoms with Crippen LogP contribution in [0.2, 0.25) is 0 Å². The second-order valence-electron chi connectivity index (χ2n) is 9.66. The van der Waals surface area contributed by atoms with Crippen molar-refractivity contribution in [2.45, 2.75) is 83.8 Å². The lowest BCUT2D eigenvalue weighted by Gasteiger charge is -2.32. The lowest BCUT2D eigenvalue weighted by Crippen LogP contribution is -2.41. The van der Waals surface area contributed by atoms with Crippen LogP contribution in [-0.2, 0) is 24.3 Å². The lowest BCUT2D eigenvalue weighted by atomic mass is 9.74. The van der Waals surface area contributed by atoms with E-state index in [0.29, 0.717) is 6.61 Å². The van der Waals surface area contributed by atoms with Crippen LogP contribution in [0.25, 0.3) is 0 Å². The highest BCUT2D eigenvalue weighted by Crippen LogP contribution is 2.42. The number of hydrogen-bond acceptors (Lipinski definition) is 5. The second-order valence-corrected chi connectivity index (χ2v) is 9.66. The summed E-state index contributed by atoms with van der Waals surface area (Å²) in [6.45, 7) is 15.7. The summed E-state index contributed by atoms with van der Waals surface area (Å²) in [6, 6.07) is 8.22. The minimum atomic E-state index is -0.516. The molecule has 2 aliphatic rings. The Morgan fingerprint density at radius 3 is 2.03 bits per heavy atom. The van der Waals surface area contributed by atoms with Crippen LogP contribution in [0, 0.1) is 0 Å². The summed E-state index contributed by atoms with van der Waals surface area (Å²) >= 11 is 0. The van der Waals surface area contributed by atoms with Crippen LogP contribution in [0.3, 0.4) is 0 Å². The van der Waals surface area contributed by atoms with E-state index in [0.717, 1.165) is 56.3 Å². The maximum absolute atomic E-state index is 13.1. The smallest absolute Gasteiger partial charge is 0.464 e. The quantitative estimate of drug-likeness (QED) is 0.479. The largest absolute Gasteiger partial charge is 0.494 e. The number of hydrogen-bond donors (Lipinski definition) is 0. The summed E-state index contributed by atoms with van der Waals surface area (Å²) in [5, 5.41) is 0. The van der Waals surface area contributed by atoms with Crippen LogP contribution < -0.4 is 5.46 Å². The minimum absolute atomic E-state index is 0.0736. The third-order valence-electron chi connectivity index (χ3n) is 7.37. The van der Waals surface area contributed by atoms with Gasteiger partial charge in [0.1, 0.15) is 6.61 Å². The van der Waals surface area contributed by atoms with Gasteiger partial charge < -0.3 is 18.9 Å². The summed E-state index contributed by atoms with van der Waals surface area (Å²) in [5.41, 5.74) is 0.793. The van der Waals surface area contributed by atoms with E-state index >= 15 is 0 Å². The van der Waals surface area contributed by atoms with E-state index in [2.05, 4.69) is 58.6 Å². The van der Waals surface area contributed by atoms with E-state index in [4.69, 9.17) is 14.0 Å². The number of carbonyl (C=O) groups excluding carboxylic acids is 1. The van der Waals surface area contributed by atoms with E-state index in [-0.39, 0.29) is 24.3 Å². The summed E-state index contributed by atoms with van der Waals surface area (Å²) in [5.74, 6) is -0.0736. The molecule has 0 radical (unpaired) electrons. The van der Waals surface area contributed by atoms with Crippen molar-refractivity contribution in [3.8, 4) is 0 Å². The molecule has 1 aromatic rings. The Labute approximate surface area is 182 Å². The maximum Gasteiger partial charge on any atom is 0.494 e. The average molecular weight is 415 g/mol. The Morgan fingerprint density at radius 2 is 1.53 bits per heavy atom. The Balaban J connectivity index is 1.71. The molecule has 6 heteroatoms. The summed E-state index contributed by atoms with van der Waals surface area (Å²) in [6.07, 6.45) is 3.83. The number of benzene rings is 1. The molecule has 0 aromatic heterocycles. The van der Waals surface area contributed by atoms with Gasteiger partial charge in [0.2, 0.25) is 0 Å². The fourth-order valence-corrected chi connectivity index (χ4v) is 4.47. The van der Waals surface area contributed by atoms with E-state index in [1.807, 2.05) is 12.1 Å². The Kier molecular flexibility index (Phi) is 7.00. The van der Waals surface area contributed by atoms with E-state index in [9.17, 15) is 4.79 Å². The van der Waals surface area contributed by atoms with E-state index < -0.39 is 5.41 Å². The van der Waals surface area contributed by atoms with E-state index in [1.54, 1.807) is 0 Å². The summed E-state index contributed by atoms with van der Waals surface area (Å²) in [4.78, 5) is 15.4. The van der Waals surface area contributed by atoms with Gasteiger partial charge in [0.05, 0.1) is 16.6 Å². The first kappa shape index (κ1) is 23.3. The van der Waals surface area contributed by atoms with Gasteiger partial charge in [-0.2, -0.15) is 0 Å². The molecule has 5 nitrogen and oxygen atoms in total. The molecular formula is C24H38BNO4. The van der Waals surface area contributed by atoms with Crippen molar-refractivity contribution in [2.75, 3.05) is 26.2 Å². The van der Waals surface area contributed by atoms with Crippen molar-refractivity contribution in [1.29, 1.82) is 0 Å². The summed E-state index contributed by atoms with van der Waals surface area (Å²) < 4.78 is 18.1. The number of rotatable bonds is 8. The van der Waals surface area contributed by atoms with Gasteiger partial charge in [-0.1, -0.05) is 51.0 Å². The highest BCUT2D eigenvalue weighted by atomic mass is 16.7. The van der Waals surface area contributed by atoms with Crippen molar-refractivity contribution in [1.82, 2.24) is 4.90 Å². The average Bonchev–Trinajstić information content (AvgIpc) is 3.29. The minimum Gasteiger partial charge on any atom is -0.464 e. The van der Waals surface area contributed by atoms with Gasteiger partial charge >= 0.3 is 13.1 Å². The third-order valence-corrected chi connectivity index (χ3v) is 7.37. The molecule has 1 heterocycles. The highest BCUT2D eigenvalue weighted by molar-refractivity contribution is 6.62. The molecule has 0 bridgehead atoms. The number of nitrogens with zero attached hydrogens (tertiary/aromatic N) is 1. The Bertz CT molecular complexity index is 705. The standard InChI is InChI=1S/C24H38BNO4/c1-7-26(8-2)17-18-28-21(27)24(15-9-10-16-24)19-11-13-20(14-12-19)25-29-22(3,4)23(5,6)30-25/h11-14H,7-10,15-18H2,1-6H3. The molecule has 2 fully saturated rings. The van der Waals surface area contributed by atoms with Crippen LogP contribution in [0.1, 0.15) is 72.8 Å².